The number of nitrogens with zero attached hydrogens (tertiary/aromatic N) is 1. The fraction of sp³-hybridized carbons (Fsp3) is 0.286. The molecule has 0 bridgehead atoms. The number of fused-ring (bicyclic) bond motifs is 1. The fourth-order valence-electron chi connectivity index (χ4n) is 4.56. The lowest BCUT2D eigenvalue weighted by atomic mass is 9.97. The summed E-state index contributed by atoms with van der Waals surface area (Å²) in [6, 6.07) is 15.9. The minimum absolute atomic E-state index is 0.126. The number of ether oxygens (including phenoxy) is 5. The molecule has 200 valence electrons. The van der Waals surface area contributed by atoms with Gasteiger partial charge in [0.2, 0.25) is 5.91 Å². The van der Waals surface area contributed by atoms with Gasteiger partial charge in [0.25, 0.3) is 5.91 Å². The summed E-state index contributed by atoms with van der Waals surface area (Å²) in [4.78, 5) is 27.5. The molecule has 0 radical (unpaired) electrons. The number of hydrogen-bond acceptors (Lipinski definition) is 7. The third kappa shape index (κ3) is 5.34. The molecule has 0 aliphatic carbocycles. The fourth-order valence-corrected chi connectivity index (χ4v) is 4.74. The Labute approximate surface area is 225 Å². The van der Waals surface area contributed by atoms with Crippen LogP contribution in [-0.2, 0) is 20.9 Å². The number of anilines is 1. The van der Waals surface area contributed by atoms with E-state index in [1.807, 2.05) is 12.1 Å². The van der Waals surface area contributed by atoms with Gasteiger partial charge in [-0.05, 0) is 36.4 Å². The highest BCUT2D eigenvalue weighted by Crippen LogP contribution is 2.45. The van der Waals surface area contributed by atoms with E-state index in [1.165, 1.54) is 14.2 Å². The molecular weight excluding hydrogens is 512 g/mol. The van der Waals surface area contributed by atoms with Crippen LogP contribution in [0.3, 0.4) is 0 Å². The van der Waals surface area contributed by atoms with Crippen molar-refractivity contribution in [2.24, 2.45) is 5.73 Å². The summed E-state index contributed by atoms with van der Waals surface area (Å²) in [5.41, 5.74) is 8.02. The van der Waals surface area contributed by atoms with Gasteiger partial charge in [0.1, 0.15) is 23.7 Å². The first-order valence-electron chi connectivity index (χ1n) is 11.8. The van der Waals surface area contributed by atoms with Gasteiger partial charge in [0.15, 0.2) is 11.5 Å². The molecule has 2 unspecified atom stereocenters. The molecule has 3 aromatic rings. The topological polar surface area (TPSA) is 110 Å². The molecule has 4 rings (SSSR count). The van der Waals surface area contributed by atoms with Gasteiger partial charge in [-0.3, -0.25) is 9.59 Å². The highest BCUT2D eigenvalue weighted by atomic mass is 35.5. The van der Waals surface area contributed by atoms with E-state index in [0.717, 1.165) is 5.56 Å². The molecule has 2 atom stereocenters. The lowest BCUT2D eigenvalue weighted by Gasteiger charge is -2.26. The van der Waals surface area contributed by atoms with Crippen molar-refractivity contribution in [1.29, 1.82) is 0 Å². The van der Waals surface area contributed by atoms with Gasteiger partial charge < -0.3 is 34.3 Å². The molecule has 3 aromatic carbocycles. The summed E-state index contributed by atoms with van der Waals surface area (Å²) < 4.78 is 28.4. The maximum atomic E-state index is 13.9. The molecule has 1 heterocycles. The third-order valence-corrected chi connectivity index (χ3v) is 6.56. The van der Waals surface area contributed by atoms with Gasteiger partial charge in [-0.2, -0.15) is 0 Å². The highest BCUT2D eigenvalue weighted by molar-refractivity contribution is 6.30. The van der Waals surface area contributed by atoms with Gasteiger partial charge in [-0.1, -0.05) is 23.7 Å². The van der Waals surface area contributed by atoms with E-state index in [4.69, 9.17) is 41.0 Å². The number of carbonyl (C=O) groups is 2. The molecule has 0 saturated carbocycles. The van der Waals surface area contributed by atoms with Crippen LogP contribution in [0.5, 0.6) is 23.0 Å². The van der Waals surface area contributed by atoms with Crippen LogP contribution in [0, 0.1) is 0 Å². The summed E-state index contributed by atoms with van der Waals surface area (Å²) in [5.74, 6) is 0.955. The first kappa shape index (κ1) is 27.1. The summed E-state index contributed by atoms with van der Waals surface area (Å²) >= 11 is 6.44. The average molecular weight is 541 g/mol. The molecule has 10 heteroatoms. The number of benzene rings is 3. The van der Waals surface area contributed by atoms with E-state index in [9.17, 15) is 9.59 Å². The second-order valence-corrected chi connectivity index (χ2v) is 9.00. The van der Waals surface area contributed by atoms with Gasteiger partial charge in [-0.25, -0.2) is 0 Å². The molecule has 38 heavy (non-hydrogen) atoms. The first-order valence-corrected chi connectivity index (χ1v) is 12.1. The van der Waals surface area contributed by atoms with Crippen LogP contribution in [0.1, 0.15) is 29.2 Å². The van der Waals surface area contributed by atoms with Crippen LogP contribution in [0.4, 0.5) is 5.69 Å². The number of rotatable bonds is 9. The summed E-state index contributed by atoms with van der Waals surface area (Å²) in [7, 11) is 6.15. The van der Waals surface area contributed by atoms with Crippen LogP contribution in [0.25, 0.3) is 0 Å². The Morgan fingerprint density at radius 1 is 0.947 bits per heavy atom. The number of amides is 2. The predicted molar refractivity (Wildman–Crippen MR) is 142 cm³/mol. The summed E-state index contributed by atoms with van der Waals surface area (Å²) in [6.45, 7) is 0.126. The molecule has 0 spiro atoms. The zero-order valence-electron chi connectivity index (χ0n) is 21.5. The summed E-state index contributed by atoms with van der Waals surface area (Å²) in [5, 5.41) is 0.446. The largest absolute Gasteiger partial charge is 0.497 e. The number of primary amides is 1. The normalized spacial score (nSPS) is 16.9. The molecule has 2 N–H and O–H groups in total. The van der Waals surface area contributed by atoms with Crippen molar-refractivity contribution in [3.63, 3.8) is 0 Å². The Morgan fingerprint density at radius 3 is 2.37 bits per heavy atom. The monoisotopic (exact) mass is 540 g/mol. The van der Waals surface area contributed by atoms with Crippen molar-refractivity contribution >= 4 is 29.1 Å². The maximum absolute atomic E-state index is 13.9. The van der Waals surface area contributed by atoms with Gasteiger partial charge in [0, 0.05) is 27.8 Å². The highest BCUT2D eigenvalue weighted by Gasteiger charge is 2.39. The lowest BCUT2D eigenvalue weighted by molar-refractivity contribution is -0.137. The van der Waals surface area contributed by atoms with E-state index >= 15 is 0 Å². The van der Waals surface area contributed by atoms with Crippen LogP contribution in [0.2, 0.25) is 5.02 Å². The quantitative estimate of drug-likeness (QED) is 0.431. The molecule has 9 nitrogen and oxygen atoms in total. The van der Waals surface area contributed by atoms with E-state index in [1.54, 1.807) is 61.6 Å². The zero-order chi connectivity index (χ0) is 27.4. The Balaban J connectivity index is 1.91. The van der Waals surface area contributed by atoms with Crippen molar-refractivity contribution in [3.05, 3.63) is 76.3 Å². The van der Waals surface area contributed by atoms with Crippen molar-refractivity contribution in [2.75, 3.05) is 33.3 Å². The molecular formula is C28H29ClN2O7. The number of para-hydroxylation sites is 1. The van der Waals surface area contributed by atoms with Crippen molar-refractivity contribution < 1.29 is 33.3 Å². The Kier molecular flexibility index (Phi) is 8.29. The zero-order valence-corrected chi connectivity index (χ0v) is 22.3. The lowest BCUT2D eigenvalue weighted by Crippen LogP contribution is -2.41. The number of hydrogen-bond donors (Lipinski definition) is 1. The van der Waals surface area contributed by atoms with Crippen molar-refractivity contribution in [3.8, 4) is 23.0 Å². The second-order valence-electron chi connectivity index (χ2n) is 8.56. The Hall–Kier alpha value is -3.95. The van der Waals surface area contributed by atoms with Crippen LogP contribution < -0.4 is 29.6 Å². The van der Waals surface area contributed by atoms with E-state index in [0.29, 0.717) is 44.8 Å². The molecule has 2 amide bonds. The van der Waals surface area contributed by atoms with Crippen LogP contribution >= 0.6 is 11.6 Å². The molecule has 0 saturated heterocycles. The maximum Gasteiger partial charge on any atom is 0.257 e. The van der Waals surface area contributed by atoms with Crippen LogP contribution in [-0.4, -0.2) is 46.4 Å². The van der Waals surface area contributed by atoms with Crippen molar-refractivity contribution in [1.82, 2.24) is 0 Å². The number of carbonyl (C=O) groups excluding carboxylic acids is 2. The Bertz CT molecular complexity index is 1350. The van der Waals surface area contributed by atoms with Gasteiger partial charge >= 0.3 is 0 Å². The SMILES string of the molecule is COc1ccc(CN2C(=O)C(CC(N)=O)OC(c3cccc(OC)c3OC)c3cc(Cl)ccc32)c(OC)c1. The van der Waals surface area contributed by atoms with Crippen molar-refractivity contribution in [2.45, 2.75) is 25.2 Å². The second kappa shape index (κ2) is 11.6. The minimum Gasteiger partial charge on any atom is -0.497 e. The van der Waals surface area contributed by atoms with Crippen LogP contribution in [0.15, 0.2) is 54.6 Å². The molecule has 1 aliphatic heterocycles. The van der Waals surface area contributed by atoms with Gasteiger partial charge in [-0.15, -0.1) is 0 Å². The van der Waals surface area contributed by atoms with E-state index in [-0.39, 0.29) is 13.0 Å². The van der Waals surface area contributed by atoms with E-state index < -0.39 is 24.0 Å². The smallest absolute Gasteiger partial charge is 0.257 e. The number of methoxy groups -OCH3 is 4. The molecule has 0 aromatic heterocycles. The standard InChI is InChI=1S/C28H29ClN2O7/c1-34-18-10-8-16(23(13-18)36-3)15-31-21-11-9-17(29)12-20(21)26(38-24(28(31)33)14-25(30)32)19-6-5-7-22(35-2)27(19)37-4/h5-13,24,26H,14-15H2,1-4H3,(H2,30,32). The average Bonchev–Trinajstić information content (AvgIpc) is 3.02. The Morgan fingerprint density at radius 2 is 1.71 bits per heavy atom. The number of nitrogens with two attached hydrogens (primary N) is 1. The summed E-state index contributed by atoms with van der Waals surface area (Å²) in [6.07, 6.45) is -2.33. The first-order chi connectivity index (χ1) is 18.3. The molecule has 0 fully saturated rings. The third-order valence-electron chi connectivity index (χ3n) is 6.33. The predicted octanol–water partition coefficient (Wildman–Crippen LogP) is 4.27. The minimum atomic E-state index is -1.18. The van der Waals surface area contributed by atoms with Gasteiger partial charge in [0.05, 0.1) is 47.1 Å². The van der Waals surface area contributed by atoms with E-state index in [2.05, 4.69) is 0 Å². The molecule has 1 aliphatic rings. The number of halogens is 1.